The van der Waals surface area contributed by atoms with Crippen molar-refractivity contribution in [2.75, 3.05) is 35.1 Å². The molecule has 0 spiro atoms. The van der Waals surface area contributed by atoms with Gasteiger partial charge >= 0.3 is 0 Å². The van der Waals surface area contributed by atoms with Crippen LogP contribution in [0.5, 0.6) is 0 Å². The van der Waals surface area contributed by atoms with Crippen LogP contribution in [0.15, 0.2) is 41.6 Å². The average Bonchev–Trinajstić information content (AvgIpc) is 2.62. The number of aliphatic hydroxyl groups is 1. The minimum atomic E-state index is 0.206. The highest BCUT2D eigenvalue weighted by Crippen LogP contribution is 2.23. The second kappa shape index (κ2) is 7.80. The third kappa shape index (κ3) is 3.91. The Hall–Kier alpha value is -2.32. The van der Waals surface area contributed by atoms with E-state index in [9.17, 15) is 0 Å². The van der Waals surface area contributed by atoms with E-state index in [0.29, 0.717) is 5.95 Å². The lowest BCUT2D eigenvalue weighted by atomic mass is 10.2. The van der Waals surface area contributed by atoms with Crippen molar-refractivity contribution in [1.82, 2.24) is 15.4 Å². The van der Waals surface area contributed by atoms with Crippen LogP contribution < -0.4 is 15.9 Å². The fourth-order valence-corrected chi connectivity index (χ4v) is 2.69. The summed E-state index contributed by atoms with van der Waals surface area (Å²) < 4.78 is 0. The normalized spacial score (nSPS) is 13.3. The van der Waals surface area contributed by atoms with E-state index in [-0.39, 0.29) is 6.61 Å². The molecule has 0 atom stereocenters. The number of rotatable bonds is 7. The summed E-state index contributed by atoms with van der Waals surface area (Å²) in [6, 6.07) is 7.87. The van der Waals surface area contributed by atoms with E-state index in [1.165, 1.54) is 5.12 Å². The summed E-state index contributed by atoms with van der Waals surface area (Å²) in [4.78, 5) is 9.12. The first-order valence-electron chi connectivity index (χ1n) is 7.33. The first-order valence-corrected chi connectivity index (χ1v) is 8.48. The highest BCUT2D eigenvalue weighted by molar-refractivity contribution is 7.99. The van der Waals surface area contributed by atoms with Crippen LogP contribution in [0.2, 0.25) is 0 Å². The molecule has 1 aliphatic heterocycles. The number of anilines is 2. The Bertz CT molecular complexity index is 720. The van der Waals surface area contributed by atoms with Crippen LogP contribution in [0.4, 0.5) is 11.8 Å². The van der Waals surface area contributed by atoms with Crippen LogP contribution in [0.3, 0.4) is 0 Å². The molecule has 0 saturated carbocycles. The zero-order valence-corrected chi connectivity index (χ0v) is 13.3. The van der Waals surface area contributed by atoms with Gasteiger partial charge in [0.1, 0.15) is 5.82 Å². The maximum absolute atomic E-state index is 8.81. The SMILES string of the molecule is OCCSCCNc1nc(N2N=CC=CN2)nc2ccccc12. The number of fused-ring (bicyclic) bond motifs is 1. The Morgan fingerprint density at radius 2 is 2.13 bits per heavy atom. The Balaban J connectivity index is 1.82. The maximum atomic E-state index is 8.81. The number of para-hydroxylation sites is 1. The molecule has 0 unspecified atom stereocenters. The van der Waals surface area contributed by atoms with Gasteiger partial charge < -0.3 is 10.4 Å². The molecule has 7 nitrogen and oxygen atoms in total. The molecule has 0 saturated heterocycles. The van der Waals surface area contributed by atoms with Gasteiger partial charge in [0, 0.05) is 29.6 Å². The zero-order valence-electron chi connectivity index (χ0n) is 12.5. The first kappa shape index (κ1) is 15.6. The topological polar surface area (TPSA) is 85.7 Å². The summed E-state index contributed by atoms with van der Waals surface area (Å²) in [5.74, 6) is 2.91. The highest BCUT2D eigenvalue weighted by Gasteiger charge is 2.13. The Kier molecular flexibility index (Phi) is 5.28. The number of nitrogens with zero attached hydrogens (tertiary/aromatic N) is 4. The molecule has 0 aliphatic carbocycles. The van der Waals surface area contributed by atoms with Gasteiger partial charge in [0.05, 0.1) is 18.3 Å². The predicted octanol–water partition coefficient (Wildman–Crippen LogP) is 1.59. The highest BCUT2D eigenvalue weighted by atomic mass is 32.2. The fourth-order valence-electron chi connectivity index (χ4n) is 2.11. The van der Waals surface area contributed by atoms with E-state index in [4.69, 9.17) is 5.11 Å². The number of hydrazine groups is 1. The molecule has 120 valence electrons. The van der Waals surface area contributed by atoms with Gasteiger partial charge in [0.2, 0.25) is 0 Å². The minimum absolute atomic E-state index is 0.206. The van der Waals surface area contributed by atoms with Crippen LogP contribution in [-0.4, -0.2) is 45.9 Å². The third-order valence-corrected chi connectivity index (χ3v) is 4.08. The molecule has 1 aromatic heterocycles. The van der Waals surface area contributed by atoms with Crippen LogP contribution in [-0.2, 0) is 0 Å². The second-order valence-corrected chi connectivity index (χ2v) is 5.94. The molecule has 3 N–H and O–H groups in total. The summed E-state index contributed by atoms with van der Waals surface area (Å²) >= 11 is 1.70. The monoisotopic (exact) mass is 330 g/mol. The van der Waals surface area contributed by atoms with Crippen molar-refractivity contribution >= 4 is 40.6 Å². The first-order chi connectivity index (χ1) is 11.4. The number of hydrogen-bond donors (Lipinski definition) is 3. The minimum Gasteiger partial charge on any atom is -0.396 e. The molecule has 8 heteroatoms. The van der Waals surface area contributed by atoms with Gasteiger partial charge in [-0.05, 0) is 18.2 Å². The lowest BCUT2D eigenvalue weighted by Crippen LogP contribution is -2.32. The van der Waals surface area contributed by atoms with E-state index >= 15 is 0 Å². The van der Waals surface area contributed by atoms with Gasteiger partial charge in [-0.1, -0.05) is 12.1 Å². The van der Waals surface area contributed by atoms with Crippen molar-refractivity contribution in [3.8, 4) is 0 Å². The van der Waals surface area contributed by atoms with Crippen LogP contribution in [0, 0.1) is 0 Å². The second-order valence-electron chi connectivity index (χ2n) is 4.72. The summed E-state index contributed by atoms with van der Waals surface area (Å²) in [5.41, 5.74) is 3.84. The van der Waals surface area contributed by atoms with E-state index in [0.717, 1.165) is 34.8 Å². The molecular weight excluding hydrogens is 312 g/mol. The van der Waals surface area contributed by atoms with Gasteiger partial charge in [-0.3, -0.25) is 5.43 Å². The molecule has 1 aromatic carbocycles. The smallest absolute Gasteiger partial charge is 0.268 e. The molecule has 3 rings (SSSR count). The van der Waals surface area contributed by atoms with Crippen molar-refractivity contribution in [3.05, 3.63) is 36.5 Å². The van der Waals surface area contributed by atoms with Gasteiger partial charge in [-0.25, -0.2) is 4.98 Å². The van der Waals surface area contributed by atoms with Crippen molar-refractivity contribution in [2.45, 2.75) is 0 Å². The van der Waals surface area contributed by atoms with Gasteiger partial charge in [0.15, 0.2) is 0 Å². The number of nitrogens with one attached hydrogen (secondary N) is 2. The molecular formula is C15H18N6OS. The number of thioether (sulfide) groups is 1. The van der Waals surface area contributed by atoms with Crippen molar-refractivity contribution in [2.24, 2.45) is 5.10 Å². The number of aliphatic hydroxyl groups excluding tert-OH is 1. The number of benzene rings is 1. The quantitative estimate of drug-likeness (QED) is 0.665. The van der Waals surface area contributed by atoms with Crippen molar-refractivity contribution in [1.29, 1.82) is 0 Å². The lowest BCUT2D eigenvalue weighted by molar-refractivity contribution is 0.322. The molecule has 2 heterocycles. The molecule has 0 bridgehead atoms. The Morgan fingerprint density at radius 1 is 1.22 bits per heavy atom. The van der Waals surface area contributed by atoms with Crippen LogP contribution in [0.1, 0.15) is 0 Å². The predicted molar refractivity (Wildman–Crippen MR) is 95.7 cm³/mol. The van der Waals surface area contributed by atoms with Gasteiger partial charge in [-0.15, -0.1) is 5.12 Å². The van der Waals surface area contributed by atoms with E-state index < -0.39 is 0 Å². The van der Waals surface area contributed by atoms with E-state index in [1.54, 1.807) is 30.3 Å². The average molecular weight is 330 g/mol. The molecule has 2 aromatic rings. The third-order valence-electron chi connectivity index (χ3n) is 3.12. The zero-order chi connectivity index (χ0) is 15.9. The summed E-state index contributed by atoms with van der Waals surface area (Å²) in [6.45, 7) is 0.971. The van der Waals surface area contributed by atoms with E-state index in [1.807, 2.05) is 24.3 Å². The number of hydrogen-bond acceptors (Lipinski definition) is 8. The standard InChI is InChI=1S/C15H18N6OS/c22-9-11-23-10-8-16-14-12-4-1-2-5-13(12)19-15(20-14)21-17-6-3-7-18-21/h1-7,17,22H,8-11H2,(H,16,19,20). The Morgan fingerprint density at radius 3 is 2.96 bits per heavy atom. The molecule has 23 heavy (non-hydrogen) atoms. The molecule has 0 amide bonds. The number of hydrazone groups is 1. The van der Waals surface area contributed by atoms with Crippen LogP contribution in [0.25, 0.3) is 10.9 Å². The summed E-state index contributed by atoms with van der Waals surface area (Å²) in [5, 5.41) is 18.9. The van der Waals surface area contributed by atoms with Gasteiger partial charge in [0.25, 0.3) is 5.95 Å². The molecule has 0 fully saturated rings. The summed E-state index contributed by atoms with van der Waals surface area (Å²) in [7, 11) is 0. The summed E-state index contributed by atoms with van der Waals surface area (Å²) in [6.07, 6.45) is 5.24. The molecule has 1 aliphatic rings. The number of allylic oxidation sites excluding steroid dienone is 1. The molecule has 0 radical (unpaired) electrons. The number of aromatic nitrogens is 2. The van der Waals surface area contributed by atoms with Gasteiger partial charge in [-0.2, -0.15) is 21.8 Å². The maximum Gasteiger partial charge on any atom is 0.268 e. The van der Waals surface area contributed by atoms with Crippen molar-refractivity contribution in [3.63, 3.8) is 0 Å². The van der Waals surface area contributed by atoms with E-state index in [2.05, 4.69) is 25.8 Å². The van der Waals surface area contributed by atoms with Crippen molar-refractivity contribution < 1.29 is 5.11 Å². The largest absolute Gasteiger partial charge is 0.396 e. The van der Waals surface area contributed by atoms with Crippen LogP contribution >= 0.6 is 11.8 Å². The Labute approximate surface area is 138 Å². The fraction of sp³-hybridized carbons (Fsp3) is 0.267. The lowest BCUT2D eigenvalue weighted by Gasteiger charge is -2.19.